The molecule has 0 spiro atoms. The summed E-state index contributed by atoms with van der Waals surface area (Å²) in [5.41, 5.74) is -1.62. The topological polar surface area (TPSA) is 76.7 Å². The molecule has 0 unspecified atom stereocenters. The smallest absolute Gasteiger partial charge is 0.418 e. The van der Waals surface area contributed by atoms with Crippen LogP contribution in [0.4, 0.5) is 28.9 Å². The van der Waals surface area contributed by atoms with Crippen LogP contribution >= 0.6 is 0 Å². The van der Waals surface area contributed by atoms with Crippen molar-refractivity contribution in [2.45, 2.75) is 6.18 Å². The molecule has 1 heterocycles. The van der Waals surface area contributed by atoms with E-state index < -0.39 is 35.1 Å². The Bertz CT molecular complexity index is 1210. The standard InChI is InChI=1S/C23H16F4N2O4/c24-15-4-1-13(2-5-15)21(30)28-16-6-7-18(17(12-16)23(25,26)27)29-22(31)14-3-8-19-20(11-14)33-10-9-32-19/h1-8,11-12H,9-10H2,(H,28,30)(H,29,31). The lowest BCUT2D eigenvalue weighted by atomic mass is 10.1. The zero-order chi connectivity index (χ0) is 23.6. The summed E-state index contributed by atoms with van der Waals surface area (Å²) in [6.07, 6.45) is -4.81. The van der Waals surface area contributed by atoms with Crippen molar-refractivity contribution in [2.24, 2.45) is 0 Å². The molecule has 1 aliphatic heterocycles. The molecule has 2 amide bonds. The molecule has 0 radical (unpaired) electrons. The van der Waals surface area contributed by atoms with Crippen molar-refractivity contribution in [3.8, 4) is 11.5 Å². The molecule has 0 saturated carbocycles. The lowest BCUT2D eigenvalue weighted by molar-refractivity contribution is -0.136. The molecule has 33 heavy (non-hydrogen) atoms. The minimum atomic E-state index is -4.81. The van der Waals surface area contributed by atoms with E-state index in [0.717, 1.165) is 18.2 Å². The maximum Gasteiger partial charge on any atom is 0.418 e. The van der Waals surface area contributed by atoms with Crippen LogP contribution in [-0.2, 0) is 6.18 Å². The highest BCUT2D eigenvalue weighted by Crippen LogP contribution is 2.37. The Labute approximate surface area is 185 Å². The average molecular weight is 460 g/mol. The summed E-state index contributed by atoms with van der Waals surface area (Å²) in [5, 5.41) is 4.58. The van der Waals surface area contributed by atoms with E-state index in [0.29, 0.717) is 30.8 Å². The summed E-state index contributed by atoms with van der Waals surface area (Å²) in [7, 11) is 0. The Morgan fingerprint density at radius 2 is 1.39 bits per heavy atom. The normalized spacial score (nSPS) is 12.7. The fourth-order valence-electron chi connectivity index (χ4n) is 3.15. The number of hydrogen-bond donors (Lipinski definition) is 2. The molecule has 0 aromatic heterocycles. The van der Waals surface area contributed by atoms with E-state index in [1.165, 1.54) is 36.4 Å². The summed E-state index contributed by atoms with van der Waals surface area (Å²) in [6.45, 7) is 0.652. The van der Waals surface area contributed by atoms with Gasteiger partial charge in [0, 0.05) is 16.8 Å². The number of benzene rings is 3. The SMILES string of the molecule is O=C(Nc1ccc(NC(=O)c2ccc3c(c2)OCCO3)c(C(F)(F)F)c1)c1ccc(F)cc1. The first kappa shape index (κ1) is 22.1. The van der Waals surface area contributed by atoms with Gasteiger partial charge in [-0.25, -0.2) is 4.39 Å². The molecule has 0 atom stereocenters. The number of carbonyl (C=O) groups is 2. The summed E-state index contributed by atoms with van der Waals surface area (Å²) in [5.74, 6) is -1.28. The number of amides is 2. The summed E-state index contributed by atoms with van der Waals surface area (Å²) >= 11 is 0. The van der Waals surface area contributed by atoms with Crippen LogP contribution in [-0.4, -0.2) is 25.0 Å². The van der Waals surface area contributed by atoms with Gasteiger partial charge in [-0.3, -0.25) is 9.59 Å². The minimum Gasteiger partial charge on any atom is -0.486 e. The van der Waals surface area contributed by atoms with Crippen molar-refractivity contribution in [1.29, 1.82) is 0 Å². The molecule has 1 aliphatic rings. The van der Waals surface area contributed by atoms with Crippen molar-refractivity contribution in [2.75, 3.05) is 23.8 Å². The van der Waals surface area contributed by atoms with Crippen molar-refractivity contribution in [3.63, 3.8) is 0 Å². The number of alkyl halides is 3. The highest BCUT2D eigenvalue weighted by molar-refractivity contribution is 6.06. The third-order valence-electron chi connectivity index (χ3n) is 4.74. The first-order valence-electron chi connectivity index (χ1n) is 9.70. The Morgan fingerprint density at radius 1 is 0.758 bits per heavy atom. The number of fused-ring (bicyclic) bond motifs is 1. The molecule has 3 aromatic carbocycles. The zero-order valence-corrected chi connectivity index (χ0v) is 16.8. The summed E-state index contributed by atoms with van der Waals surface area (Å²) in [4.78, 5) is 24.8. The number of anilines is 2. The number of nitrogens with one attached hydrogen (secondary N) is 2. The highest BCUT2D eigenvalue weighted by atomic mass is 19.4. The van der Waals surface area contributed by atoms with E-state index in [4.69, 9.17) is 9.47 Å². The Balaban J connectivity index is 1.56. The van der Waals surface area contributed by atoms with E-state index in [2.05, 4.69) is 10.6 Å². The van der Waals surface area contributed by atoms with Gasteiger partial charge in [-0.15, -0.1) is 0 Å². The number of hydrogen-bond acceptors (Lipinski definition) is 4. The second kappa shape index (κ2) is 8.81. The molecule has 4 rings (SSSR count). The minimum absolute atomic E-state index is 0.0703. The first-order valence-corrected chi connectivity index (χ1v) is 9.70. The lowest BCUT2D eigenvalue weighted by Crippen LogP contribution is -2.19. The maximum absolute atomic E-state index is 13.7. The second-order valence-electron chi connectivity index (χ2n) is 7.03. The van der Waals surface area contributed by atoms with Crippen molar-refractivity contribution in [1.82, 2.24) is 0 Å². The fourth-order valence-corrected chi connectivity index (χ4v) is 3.15. The van der Waals surface area contributed by atoms with Crippen LogP contribution in [0.15, 0.2) is 60.7 Å². The first-order chi connectivity index (χ1) is 15.7. The van der Waals surface area contributed by atoms with Gasteiger partial charge in [0.2, 0.25) is 0 Å². The van der Waals surface area contributed by atoms with Crippen LogP contribution in [0.3, 0.4) is 0 Å². The quantitative estimate of drug-likeness (QED) is 0.530. The van der Waals surface area contributed by atoms with Gasteiger partial charge in [0.25, 0.3) is 11.8 Å². The van der Waals surface area contributed by atoms with E-state index in [1.54, 1.807) is 0 Å². The number of rotatable bonds is 4. The molecule has 0 fully saturated rings. The van der Waals surface area contributed by atoms with Gasteiger partial charge in [-0.05, 0) is 60.7 Å². The van der Waals surface area contributed by atoms with Crippen molar-refractivity contribution >= 4 is 23.2 Å². The van der Waals surface area contributed by atoms with E-state index in [1.807, 2.05) is 0 Å². The molecule has 0 saturated heterocycles. The third-order valence-corrected chi connectivity index (χ3v) is 4.74. The van der Waals surface area contributed by atoms with E-state index >= 15 is 0 Å². The van der Waals surface area contributed by atoms with Crippen molar-refractivity contribution < 1.29 is 36.6 Å². The Kier molecular flexibility index (Phi) is 5.91. The molecule has 3 aromatic rings. The predicted octanol–water partition coefficient (Wildman–Crippen LogP) is 5.12. The molecule has 10 heteroatoms. The second-order valence-corrected chi connectivity index (χ2v) is 7.03. The van der Waals surface area contributed by atoms with Crippen LogP contribution in [0.1, 0.15) is 26.3 Å². The van der Waals surface area contributed by atoms with Gasteiger partial charge in [0.15, 0.2) is 11.5 Å². The average Bonchev–Trinajstić information content (AvgIpc) is 2.79. The van der Waals surface area contributed by atoms with Crippen LogP contribution in [0.5, 0.6) is 11.5 Å². The third kappa shape index (κ3) is 5.05. The lowest BCUT2D eigenvalue weighted by Gasteiger charge is -2.19. The summed E-state index contributed by atoms with van der Waals surface area (Å²) in [6, 6.07) is 11.8. The van der Waals surface area contributed by atoms with E-state index in [9.17, 15) is 27.2 Å². The molecule has 6 nitrogen and oxygen atoms in total. The molecular weight excluding hydrogens is 444 g/mol. The fraction of sp³-hybridized carbons (Fsp3) is 0.130. The van der Waals surface area contributed by atoms with Crippen molar-refractivity contribution in [3.05, 3.63) is 83.2 Å². The Morgan fingerprint density at radius 3 is 2.09 bits per heavy atom. The van der Waals surface area contributed by atoms with Crippen LogP contribution in [0, 0.1) is 5.82 Å². The maximum atomic E-state index is 13.7. The highest BCUT2D eigenvalue weighted by Gasteiger charge is 2.34. The van der Waals surface area contributed by atoms with Gasteiger partial charge in [-0.1, -0.05) is 0 Å². The summed E-state index contributed by atoms with van der Waals surface area (Å²) < 4.78 is 64.8. The Hall–Kier alpha value is -4.08. The van der Waals surface area contributed by atoms with Gasteiger partial charge >= 0.3 is 6.18 Å². The molecule has 0 bridgehead atoms. The van der Waals surface area contributed by atoms with Crippen LogP contribution < -0.4 is 20.1 Å². The predicted molar refractivity (Wildman–Crippen MR) is 111 cm³/mol. The number of carbonyl (C=O) groups excluding carboxylic acids is 2. The molecule has 2 N–H and O–H groups in total. The van der Waals surface area contributed by atoms with Gasteiger partial charge < -0.3 is 20.1 Å². The van der Waals surface area contributed by atoms with Gasteiger partial charge in [-0.2, -0.15) is 13.2 Å². The largest absolute Gasteiger partial charge is 0.486 e. The van der Waals surface area contributed by atoms with E-state index in [-0.39, 0.29) is 16.8 Å². The molecule has 0 aliphatic carbocycles. The molecular formula is C23H16F4N2O4. The number of ether oxygens (including phenoxy) is 2. The number of halogens is 4. The van der Waals surface area contributed by atoms with Crippen LogP contribution in [0.25, 0.3) is 0 Å². The molecule has 170 valence electrons. The van der Waals surface area contributed by atoms with Gasteiger partial charge in [0.1, 0.15) is 19.0 Å². The van der Waals surface area contributed by atoms with Crippen LogP contribution in [0.2, 0.25) is 0 Å². The zero-order valence-electron chi connectivity index (χ0n) is 16.8. The van der Waals surface area contributed by atoms with Gasteiger partial charge in [0.05, 0.1) is 11.3 Å². The monoisotopic (exact) mass is 460 g/mol.